The lowest BCUT2D eigenvalue weighted by molar-refractivity contribution is -0.120. The normalized spacial score (nSPS) is 15.8. The average Bonchev–Trinajstić information content (AvgIpc) is 3.32. The van der Waals surface area contributed by atoms with E-state index in [2.05, 4.69) is 9.88 Å². The number of hydrogen-bond donors (Lipinski definition) is 2. The highest BCUT2D eigenvalue weighted by atomic mass is 16.5. The van der Waals surface area contributed by atoms with Crippen molar-refractivity contribution in [3.05, 3.63) is 86.6 Å². The number of ether oxygens (including phenoxy) is 1. The summed E-state index contributed by atoms with van der Waals surface area (Å²) in [5, 5.41) is 0. The molecule has 0 spiro atoms. The Hall–Kier alpha value is -3.85. The van der Waals surface area contributed by atoms with E-state index >= 15 is 0 Å². The molecular weight excluding hydrogens is 446 g/mol. The Labute approximate surface area is 203 Å². The Kier molecular flexibility index (Phi) is 7.36. The maximum atomic E-state index is 13.4. The van der Waals surface area contributed by atoms with E-state index in [4.69, 9.17) is 10.5 Å². The Morgan fingerprint density at radius 1 is 1.14 bits per heavy atom. The van der Waals surface area contributed by atoms with Gasteiger partial charge in [0.1, 0.15) is 11.6 Å². The first kappa shape index (κ1) is 24.3. The second kappa shape index (κ2) is 10.6. The molecule has 184 valence electrons. The second-order valence-corrected chi connectivity index (χ2v) is 8.60. The molecule has 0 radical (unpaired) electrons. The summed E-state index contributed by atoms with van der Waals surface area (Å²) in [6, 6.07) is 17.3. The quantitative estimate of drug-likeness (QED) is 0.515. The minimum absolute atomic E-state index is 0.00762. The van der Waals surface area contributed by atoms with E-state index in [-0.39, 0.29) is 43.1 Å². The summed E-state index contributed by atoms with van der Waals surface area (Å²) in [4.78, 5) is 44.6. The number of amides is 1. The topological polar surface area (TPSA) is 114 Å². The Morgan fingerprint density at radius 3 is 2.51 bits per heavy atom. The predicted molar refractivity (Wildman–Crippen MR) is 136 cm³/mol. The fourth-order valence-corrected chi connectivity index (χ4v) is 4.70. The monoisotopic (exact) mass is 477 g/mol. The number of aromatic nitrogens is 2. The van der Waals surface area contributed by atoms with Crippen LogP contribution in [0, 0.1) is 0 Å². The van der Waals surface area contributed by atoms with Gasteiger partial charge in [0.2, 0.25) is 5.91 Å². The fraction of sp³-hybridized carbons (Fsp3) is 0.346. The van der Waals surface area contributed by atoms with Gasteiger partial charge in [-0.3, -0.25) is 24.0 Å². The van der Waals surface area contributed by atoms with Crippen LogP contribution in [0.3, 0.4) is 0 Å². The van der Waals surface area contributed by atoms with Gasteiger partial charge in [-0.05, 0) is 49.6 Å². The first-order chi connectivity index (χ1) is 16.9. The van der Waals surface area contributed by atoms with Gasteiger partial charge in [0.15, 0.2) is 5.69 Å². The summed E-state index contributed by atoms with van der Waals surface area (Å²) in [5.74, 6) is 0.521. The van der Waals surface area contributed by atoms with E-state index in [1.807, 2.05) is 54.6 Å². The largest absolute Gasteiger partial charge is 0.497 e. The van der Waals surface area contributed by atoms with Gasteiger partial charge in [0, 0.05) is 12.6 Å². The molecule has 1 aromatic heterocycles. The number of methoxy groups -OCH3 is 1. The third-order valence-corrected chi connectivity index (χ3v) is 6.49. The van der Waals surface area contributed by atoms with Crippen LogP contribution in [0.2, 0.25) is 0 Å². The van der Waals surface area contributed by atoms with Crippen molar-refractivity contribution >= 4 is 17.4 Å². The number of hydrogen-bond acceptors (Lipinski definition) is 6. The van der Waals surface area contributed by atoms with E-state index < -0.39 is 11.2 Å². The molecule has 9 nitrogen and oxygen atoms in total. The summed E-state index contributed by atoms with van der Waals surface area (Å²) in [6.07, 6.45) is 1.91. The maximum Gasteiger partial charge on any atom is 0.330 e. The molecule has 3 N–H and O–H groups in total. The molecule has 1 fully saturated rings. The third-order valence-electron chi connectivity index (χ3n) is 6.49. The van der Waals surface area contributed by atoms with Crippen LogP contribution in [-0.2, 0) is 11.3 Å². The number of carbonyl (C=O) groups excluding carboxylic acids is 1. The van der Waals surface area contributed by atoms with E-state index in [1.54, 1.807) is 14.0 Å². The van der Waals surface area contributed by atoms with Gasteiger partial charge in [-0.15, -0.1) is 0 Å². The average molecular weight is 478 g/mol. The molecule has 2 aromatic carbocycles. The standard InChI is InChI=1S/C26H31N5O4/c1-3-30(22(32)17-29-15-7-10-21(29)19-11-13-20(35-2)14-12-19)23-24(27)31(26(34)28-25(23)33)16-18-8-5-4-6-9-18/h4-6,8-9,11-14,21H,3,7,10,15-17,27H2,1-2H3,(H,28,33,34). The molecular formula is C26H31N5O4. The lowest BCUT2D eigenvalue weighted by atomic mass is 10.0. The molecule has 1 aliphatic rings. The number of H-pyrrole nitrogens is 1. The smallest absolute Gasteiger partial charge is 0.330 e. The molecule has 35 heavy (non-hydrogen) atoms. The molecule has 4 rings (SSSR count). The van der Waals surface area contributed by atoms with Gasteiger partial charge >= 0.3 is 5.69 Å². The Morgan fingerprint density at radius 2 is 1.86 bits per heavy atom. The number of rotatable bonds is 8. The van der Waals surface area contributed by atoms with Crippen molar-refractivity contribution in [1.82, 2.24) is 14.5 Å². The predicted octanol–water partition coefficient (Wildman–Crippen LogP) is 2.37. The molecule has 3 aromatic rings. The number of aromatic amines is 1. The molecule has 1 saturated heterocycles. The number of nitrogens with zero attached hydrogens (tertiary/aromatic N) is 3. The molecule has 1 atom stereocenters. The van der Waals surface area contributed by atoms with E-state index in [0.717, 1.165) is 36.3 Å². The number of benzene rings is 2. The molecule has 2 heterocycles. The fourth-order valence-electron chi connectivity index (χ4n) is 4.70. The van der Waals surface area contributed by atoms with Crippen molar-refractivity contribution < 1.29 is 9.53 Å². The van der Waals surface area contributed by atoms with E-state index in [1.165, 1.54) is 9.47 Å². The lowest BCUT2D eigenvalue weighted by Gasteiger charge is -2.28. The minimum atomic E-state index is -0.667. The molecule has 0 saturated carbocycles. The van der Waals surface area contributed by atoms with Crippen LogP contribution in [0.5, 0.6) is 5.75 Å². The maximum absolute atomic E-state index is 13.4. The van der Waals surface area contributed by atoms with E-state index in [9.17, 15) is 14.4 Å². The third kappa shape index (κ3) is 5.14. The number of anilines is 2. The van der Waals surface area contributed by atoms with Crippen molar-refractivity contribution in [2.24, 2.45) is 0 Å². The van der Waals surface area contributed by atoms with Crippen molar-refractivity contribution in [1.29, 1.82) is 0 Å². The molecule has 9 heteroatoms. The van der Waals surface area contributed by atoms with Crippen LogP contribution in [0.25, 0.3) is 0 Å². The number of likely N-dealkylation sites (N-methyl/N-ethyl adjacent to an activating group) is 1. The minimum Gasteiger partial charge on any atom is -0.497 e. The summed E-state index contributed by atoms with van der Waals surface area (Å²) >= 11 is 0. The highest BCUT2D eigenvalue weighted by Gasteiger charge is 2.31. The van der Waals surface area contributed by atoms with Crippen LogP contribution in [0.15, 0.2) is 64.2 Å². The van der Waals surface area contributed by atoms with Gasteiger partial charge in [-0.25, -0.2) is 4.79 Å². The van der Waals surface area contributed by atoms with Crippen molar-refractivity contribution in [3.8, 4) is 5.75 Å². The number of carbonyl (C=O) groups is 1. The van der Waals surface area contributed by atoms with Crippen LogP contribution < -0.4 is 26.6 Å². The molecule has 0 bridgehead atoms. The molecule has 0 aliphatic carbocycles. The number of nitrogen functional groups attached to an aromatic ring is 1. The van der Waals surface area contributed by atoms with Crippen LogP contribution >= 0.6 is 0 Å². The van der Waals surface area contributed by atoms with Crippen molar-refractivity contribution in [2.75, 3.05) is 37.4 Å². The number of likely N-dealkylation sites (tertiary alicyclic amines) is 1. The summed E-state index contributed by atoms with van der Waals surface area (Å²) in [7, 11) is 1.63. The second-order valence-electron chi connectivity index (χ2n) is 8.60. The Balaban J connectivity index is 1.59. The summed E-state index contributed by atoms with van der Waals surface area (Å²) in [6.45, 7) is 3.14. The van der Waals surface area contributed by atoms with Crippen molar-refractivity contribution in [3.63, 3.8) is 0 Å². The van der Waals surface area contributed by atoms with Gasteiger partial charge in [0.05, 0.1) is 20.2 Å². The number of nitrogens with two attached hydrogens (primary N) is 1. The van der Waals surface area contributed by atoms with Crippen LogP contribution in [0.4, 0.5) is 11.5 Å². The van der Waals surface area contributed by atoms with Crippen LogP contribution in [0.1, 0.15) is 36.9 Å². The lowest BCUT2D eigenvalue weighted by Crippen LogP contribution is -2.45. The highest BCUT2D eigenvalue weighted by Crippen LogP contribution is 2.33. The van der Waals surface area contributed by atoms with Gasteiger partial charge in [0.25, 0.3) is 5.56 Å². The summed E-state index contributed by atoms with van der Waals surface area (Å²) < 4.78 is 6.54. The zero-order valence-electron chi connectivity index (χ0n) is 20.1. The summed E-state index contributed by atoms with van der Waals surface area (Å²) in [5.41, 5.74) is 7.03. The number of nitrogens with one attached hydrogen (secondary N) is 1. The van der Waals surface area contributed by atoms with E-state index in [0.29, 0.717) is 0 Å². The SMILES string of the molecule is CCN(C(=O)CN1CCCC1c1ccc(OC)cc1)c1c(N)n(Cc2ccccc2)c(=O)[nH]c1=O. The zero-order valence-corrected chi connectivity index (χ0v) is 20.1. The van der Waals surface area contributed by atoms with Gasteiger partial charge in [-0.1, -0.05) is 42.5 Å². The molecule has 1 aliphatic heterocycles. The zero-order chi connectivity index (χ0) is 24.9. The first-order valence-corrected chi connectivity index (χ1v) is 11.8. The highest BCUT2D eigenvalue weighted by molar-refractivity contribution is 5.96. The molecule has 1 amide bonds. The van der Waals surface area contributed by atoms with Crippen LogP contribution in [-0.4, -0.2) is 47.1 Å². The molecule has 1 unspecified atom stereocenters. The van der Waals surface area contributed by atoms with Crippen molar-refractivity contribution in [2.45, 2.75) is 32.4 Å². The Bertz CT molecular complexity index is 1280. The first-order valence-electron chi connectivity index (χ1n) is 11.8. The van der Waals surface area contributed by atoms with Gasteiger partial charge in [-0.2, -0.15) is 0 Å². The van der Waals surface area contributed by atoms with Gasteiger partial charge < -0.3 is 15.4 Å².